The van der Waals surface area contributed by atoms with E-state index < -0.39 is 11.7 Å². The zero-order valence-corrected chi connectivity index (χ0v) is 12.8. The Morgan fingerprint density at radius 3 is 2.70 bits per heavy atom. The predicted molar refractivity (Wildman–Crippen MR) is 85.4 cm³/mol. The average molecular weight is 323 g/mol. The van der Waals surface area contributed by atoms with Crippen LogP contribution in [-0.2, 0) is 6.18 Å². The van der Waals surface area contributed by atoms with Crippen molar-refractivity contribution < 1.29 is 13.2 Å². The second kappa shape index (κ2) is 6.74. The lowest BCUT2D eigenvalue weighted by molar-refractivity contribution is -0.137. The topological polar surface area (TPSA) is 37.0 Å². The summed E-state index contributed by atoms with van der Waals surface area (Å²) in [6.45, 7) is 2.82. The van der Waals surface area contributed by atoms with Crippen LogP contribution in [0.2, 0.25) is 0 Å². The van der Waals surface area contributed by atoms with Gasteiger partial charge in [-0.1, -0.05) is 6.07 Å². The van der Waals surface area contributed by atoms with E-state index in [2.05, 4.69) is 15.6 Å². The molecule has 0 saturated heterocycles. The molecule has 3 nitrogen and oxygen atoms in total. The number of halogens is 3. The maximum absolute atomic E-state index is 12.7. The van der Waals surface area contributed by atoms with Crippen LogP contribution in [0.5, 0.6) is 0 Å². The Morgan fingerprint density at radius 1 is 1.13 bits per heavy atom. The zero-order chi connectivity index (χ0) is 16.3. The summed E-state index contributed by atoms with van der Waals surface area (Å²) in [6.07, 6.45) is 0.849. The zero-order valence-electron chi connectivity index (χ0n) is 12.8. The van der Waals surface area contributed by atoms with Gasteiger partial charge in [-0.05, 0) is 56.5 Å². The number of rotatable bonds is 7. The number of pyridine rings is 1. The first kappa shape index (κ1) is 16.1. The molecule has 0 atom stereocenters. The fourth-order valence-corrected chi connectivity index (χ4v) is 2.54. The van der Waals surface area contributed by atoms with Gasteiger partial charge in [0.2, 0.25) is 0 Å². The third-order valence-corrected chi connectivity index (χ3v) is 4.05. The van der Waals surface area contributed by atoms with Gasteiger partial charge in [0.1, 0.15) is 0 Å². The second-order valence-electron chi connectivity index (χ2n) is 6.02. The second-order valence-corrected chi connectivity index (χ2v) is 6.02. The van der Waals surface area contributed by atoms with E-state index >= 15 is 0 Å². The maximum atomic E-state index is 12.7. The first-order chi connectivity index (χ1) is 11.0. The summed E-state index contributed by atoms with van der Waals surface area (Å²) in [5.74, 6) is 0.870. The molecule has 1 aromatic heterocycles. The Bertz CT molecular complexity index is 666. The SMILES string of the molecule is FC(F)(F)c1ccc2c(NCCCNCC3CC3)ccnc2c1. The van der Waals surface area contributed by atoms with Gasteiger partial charge in [-0.2, -0.15) is 13.2 Å². The first-order valence-corrected chi connectivity index (χ1v) is 7.94. The van der Waals surface area contributed by atoms with E-state index in [1.807, 2.05) is 0 Å². The summed E-state index contributed by atoms with van der Waals surface area (Å²) < 4.78 is 38.2. The summed E-state index contributed by atoms with van der Waals surface area (Å²) in [4.78, 5) is 4.05. The van der Waals surface area contributed by atoms with Gasteiger partial charge in [-0.25, -0.2) is 0 Å². The standard InChI is InChI=1S/C17H20F3N3/c18-17(19,20)13-4-5-14-15(6-9-23-16(14)10-13)22-8-1-7-21-11-12-2-3-12/h4-6,9-10,12,21H,1-3,7-8,11H2,(H,22,23). The van der Waals surface area contributed by atoms with E-state index in [0.717, 1.165) is 49.8 Å². The normalized spacial score (nSPS) is 15.1. The van der Waals surface area contributed by atoms with Gasteiger partial charge in [0.25, 0.3) is 0 Å². The molecular formula is C17H20F3N3. The lowest BCUT2D eigenvalue weighted by Crippen LogP contribution is -2.20. The van der Waals surface area contributed by atoms with Crippen molar-refractivity contribution in [3.05, 3.63) is 36.0 Å². The molecule has 1 aromatic carbocycles. The Labute approximate surface area is 133 Å². The molecule has 23 heavy (non-hydrogen) atoms. The van der Waals surface area contributed by atoms with Crippen molar-refractivity contribution in [2.24, 2.45) is 5.92 Å². The largest absolute Gasteiger partial charge is 0.416 e. The highest BCUT2D eigenvalue weighted by Crippen LogP contribution is 2.32. The molecule has 2 aromatic rings. The molecule has 6 heteroatoms. The molecule has 0 spiro atoms. The molecule has 124 valence electrons. The third kappa shape index (κ3) is 4.34. The molecule has 0 aliphatic heterocycles. The van der Waals surface area contributed by atoms with Crippen molar-refractivity contribution in [2.75, 3.05) is 25.0 Å². The molecule has 0 radical (unpaired) electrons. The first-order valence-electron chi connectivity index (χ1n) is 7.94. The lowest BCUT2D eigenvalue weighted by Gasteiger charge is -2.12. The quantitative estimate of drug-likeness (QED) is 0.755. The minimum Gasteiger partial charge on any atom is -0.384 e. The summed E-state index contributed by atoms with van der Waals surface area (Å²) >= 11 is 0. The summed E-state index contributed by atoms with van der Waals surface area (Å²) in [5, 5.41) is 7.42. The lowest BCUT2D eigenvalue weighted by atomic mass is 10.1. The molecule has 3 rings (SSSR count). The molecule has 2 N–H and O–H groups in total. The van der Waals surface area contributed by atoms with Crippen LogP contribution in [0.4, 0.5) is 18.9 Å². The van der Waals surface area contributed by atoms with Gasteiger partial charge in [-0.3, -0.25) is 4.98 Å². The average Bonchev–Trinajstić information content (AvgIpc) is 3.33. The molecule has 0 bridgehead atoms. The van der Waals surface area contributed by atoms with Gasteiger partial charge >= 0.3 is 6.18 Å². The van der Waals surface area contributed by atoms with Gasteiger partial charge in [-0.15, -0.1) is 0 Å². The highest BCUT2D eigenvalue weighted by molar-refractivity contribution is 5.91. The number of benzene rings is 1. The number of nitrogens with one attached hydrogen (secondary N) is 2. The van der Waals surface area contributed by atoms with Crippen LogP contribution in [0.25, 0.3) is 10.9 Å². The summed E-state index contributed by atoms with van der Waals surface area (Å²) in [7, 11) is 0. The molecule has 1 saturated carbocycles. The highest BCUT2D eigenvalue weighted by Gasteiger charge is 2.30. The molecule has 1 aliphatic rings. The van der Waals surface area contributed by atoms with Crippen LogP contribution >= 0.6 is 0 Å². The number of hydrogen-bond donors (Lipinski definition) is 2. The molecule has 0 amide bonds. The van der Waals surface area contributed by atoms with Crippen molar-refractivity contribution in [2.45, 2.75) is 25.4 Å². The maximum Gasteiger partial charge on any atom is 0.416 e. The predicted octanol–water partition coefficient (Wildman–Crippen LogP) is 4.06. The van der Waals surface area contributed by atoms with Crippen LogP contribution in [0.3, 0.4) is 0 Å². The number of nitrogens with zero attached hydrogens (tertiary/aromatic N) is 1. The van der Waals surface area contributed by atoms with Crippen LogP contribution in [0, 0.1) is 5.92 Å². The third-order valence-electron chi connectivity index (χ3n) is 4.05. The number of aromatic nitrogens is 1. The minimum absolute atomic E-state index is 0.358. The van der Waals surface area contributed by atoms with E-state index in [-0.39, 0.29) is 0 Å². The van der Waals surface area contributed by atoms with E-state index in [0.29, 0.717) is 10.9 Å². The molecule has 1 aliphatic carbocycles. The van der Waals surface area contributed by atoms with Gasteiger partial charge in [0.15, 0.2) is 0 Å². The Kier molecular flexibility index (Phi) is 4.71. The van der Waals surface area contributed by atoms with E-state index in [4.69, 9.17) is 0 Å². The highest BCUT2D eigenvalue weighted by atomic mass is 19.4. The van der Waals surface area contributed by atoms with Crippen molar-refractivity contribution in [1.29, 1.82) is 0 Å². The van der Waals surface area contributed by atoms with E-state index in [1.54, 1.807) is 6.07 Å². The Morgan fingerprint density at radius 2 is 1.96 bits per heavy atom. The minimum atomic E-state index is -4.34. The number of fused-ring (bicyclic) bond motifs is 1. The van der Waals surface area contributed by atoms with E-state index in [1.165, 1.54) is 25.1 Å². The summed E-state index contributed by atoms with van der Waals surface area (Å²) in [6, 6.07) is 5.48. The van der Waals surface area contributed by atoms with Crippen molar-refractivity contribution in [1.82, 2.24) is 10.3 Å². The number of hydrogen-bond acceptors (Lipinski definition) is 3. The smallest absolute Gasteiger partial charge is 0.384 e. The molecule has 1 fully saturated rings. The fourth-order valence-electron chi connectivity index (χ4n) is 2.54. The van der Waals surface area contributed by atoms with Crippen LogP contribution in [0.15, 0.2) is 30.5 Å². The van der Waals surface area contributed by atoms with Crippen LogP contribution < -0.4 is 10.6 Å². The Balaban J connectivity index is 1.59. The van der Waals surface area contributed by atoms with Crippen molar-refractivity contribution >= 4 is 16.6 Å². The van der Waals surface area contributed by atoms with Crippen LogP contribution in [0.1, 0.15) is 24.8 Å². The van der Waals surface area contributed by atoms with Gasteiger partial charge < -0.3 is 10.6 Å². The van der Waals surface area contributed by atoms with Gasteiger partial charge in [0.05, 0.1) is 11.1 Å². The van der Waals surface area contributed by atoms with Gasteiger partial charge in [0, 0.05) is 23.8 Å². The van der Waals surface area contributed by atoms with Crippen molar-refractivity contribution in [3.8, 4) is 0 Å². The number of anilines is 1. The van der Waals surface area contributed by atoms with Crippen molar-refractivity contribution in [3.63, 3.8) is 0 Å². The monoisotopic (exact) mass is 323 g/mol. The number of alkyl halides is 3. The van der Waals surface area contributed by atoms with E-state index in [9.17, 15) is 13.2 Å². The summed E-state index contributed by atoms with van der Waals surface area (Å²) in [5.41, 5.74) is 0.515. The Hall–Kier alpha value is -1.82. The fraction of sp³-hybridized carbons (Fsp3) is 0.471. The molecule has 1 heterocycles. The van der Waals surface area contributed by atoms with Crippen LogP contribution in [-0.4, -0.2) is 24.6 Å². The molecular weight excluding hydrogens is 303 g/mol. The molecule has 0 unspecified atom stereocenters.